The summed E-state index contributed by atoms with van der Waals surface area (Å²) >= 11 is 0. The first-order valence-corrected chi connectivity index (χ1v) is 46.9. The Hall–Kier alpha value is -5.11. The summed E-state index contributed by atoms with van der Waals surface area (Å²) in [6.07, 6.45) is 33.8. The normalized spacial score (nSPS) is 15.8. The average Bonchev–Trinajstić information content (AvgIpc) is 1.42. The first kappa shape index (κ1) is 117. The minimum Gasteiger partial charge on any atom is -0.393 e. The number of piperidine rings is 1. The molecule has 3 aromatic carbocycles. The van der Waals surface area contributed by atoms with Gasteiger partial charge in [-0.15, -0.1) is 10.2 Å². The maximum atomic E-state index is 9.27. The van der Waals surface area contributed by atoms with E-state index in [-0.39, 0.29) is 50.4 Å². The van der Waals surface area contributed by atoms with Crippen LogP contribution in [-0.2, 0) is 16.7 Å². The fourth-order valence-electron chi connectivity index (χ4n) is 13.7. The Balaban J connectivity index is 0. The van der Waals surface area contributed by atoms with Gasteiger partial charge in [-0.05, 0) is 342 Å². The van der Waals surface area contributed by atoms with Gasteiger partial charge in [0.25, 0.3) is 0 Å². The highest BCUT2D eigenvalue weighted by Gasteiger charge is 2.27. The molecule has 0 radical (unpaired) electrons. The lowest BCUT2D eigenvalue weighted by Gasteiger charge is -2.39. The molecular formula is C103H199N15O2. The molecule has 4 aliphatic rings. The van der Waals surface area contributed by atoms with Crippen molar-refractivity contribution in [2.24, 2.45) is 0 Å². The highest BCUT2D eigenvalue weighted by molar-refractivity contribution is 5.47. The average molecular weight is 1680 g/mol. The maximum Gasteiger partial charge on any atom is 0.138 e. The van der Waals surface area contributed by atoms with E-state index in [1.165, 1.54) is 137 Å². The number of rotatable bonds is 16. The molecular weight excluding hydrogens is 1480 g/mol. The van der Waals surface area contributed by atoms with Gasteiger partial charge in [0.2, 0.25) is 0 Å². The Morgan fingerprint density at radius 1 is 0.425 bits per heavy atom. The maximum absolute atomic E-state index is 9.27. The first-order valence-electron chi connectivity index (χ1n) is 46.9. The van der Waals surface area contributed by atoms with E-state index in [9.17, 15) is 5.11 Å². The number of likely N-dealkylation sites (tertiary alicyclic amines) is 1. The van der Waals surface area contributed by atoms with Gasteiger partial charge in [0.15, 0.2) is 0 Å². The van der Waals surface area contributed by atoms with Crippen molar-refractivity contribution in [3.05, 3.63) is 121 Å². The molecule has 2 aliphatic heterocycles. The van der Waals surface area contributed by atoms with Crippen LogP contribution in [0.5, 0.6) is 0 Å². The second-order valence-electron chi connectivity index (χ2n) is 45.3. The zero-order valence-electron chi connectivity index (χ0n) is 85.9. The van der Waals surface area contributed by atoms with Gasteiger partial charge in [0.1, 0.15) is 12.7 Å². The number of hydrogen-bond acceptors (Lipinski definition) is 15. The van der Waals surface area contributed by atoms with Gasteiger partial charge in [0.05, 0.1) is 25.6 Å². The number of para-hydroxylation sites is 1. The van der Waals surface area contributed by atoms with Gasteiger partial charge < -0.3 is 57.1 Å². The van der Waals surface area contributed by atoms with Crippen LogP contribution in [0.15, 0.2) is 110 Å². The molecule has 2 aliphatic carbocycles. The SMILES string of the molecule is CC(C)(C)N1CCC(O)CC1.CC(C)(C)N1CCOCC1.CC(C)(C)NC1CCCC1.CC(C)(C)NC1CCCCC1.CC(C)(C)Nc1ccccc1.CC(C)(C)Nn1cnnc1.CC(C)(C)n1ccnc1.CC(C)NC(C)(C)C.CCCCC(CC)NC(C)(C)C.CCCCCc1ccc(NC(C)(C)C)cc1.Cc1ccc(NC(C)(C)C)cc1. The number of aliphatic hydroxyl groups excluding tert-OH is 1. The summed E-state index contributed by atoms with van der Waals surface area (Å²) < 4.78 is 9.07. The molecule has 120 heavy (non-hydrogen) atoms. The topological polar surface area (TPSA) is 181 Å². The van der Waals surface area contributed by atoms with E-state index < -0.39 is 0 Å². The largest absolute Gasteiger partial charge is 0.393 e. The summed E-state index contributed by atoms with van der Waals surface area (Å²) in [6, 6.07) is 30.5. The van der Waals surface area contributed by atoms with Crippen molar-refractivity contribution in [1.82, 2.24) is 55.5 Å². The van der Waals surface area contributed by atoms with Crippen LogP contribution < -0.4 is 42.6 Å². The van der Waals surface area contributed by atoms with Crippen molar-refractivity contribution in [2.75, 3.05) is 60.8 Å². The summed E-state index contributed by atoms with van der Waals surface area (Å²) in [4.78, 5) is 8.84. The highest BCUT2D eigenvalue weighted by Crippen LogP contribution is 2.25. The smallest absolute Gasteiger partial charge is 0.138 e. The third kappa shape index (κ3) is 73.3. The number of unbranched alkanes of at least 4 members (excludes halogenated alkanes) is 3. The van der Waals surface area contributed by atoms with Crippen LogP contribution in [0.25, 0.3) is 0 Å². The number of nitrogens with one attached hydrogen (secondary N) is 8. The third-order valence-corrected chi connectivity index (χ3v) is 18.9. The van der Waals surface area contributed by atoms with Crippen molar-refractivity contribution in [2.45, 2.75) is 483 Å². The van der Waals surface area contributed by atoms with Gasteiger partial charge in [-0.2, -0.15) is 0 Å². The van der Waals surface area contributed by atoms with Crippen LogP contribution in [-0.4, -0.2) is 164 Å². The molecule has 9 rings (SSSR count). The molecule has 0 amide bonds. The van der Waals surface area contributed by atoms with E-state index in [0.29, 0.717) is 28.7 Å². The van der Waals surface area contributed by atoms with Crippen LogP contribution in [0.1, 0.15) is 390 Å². The van der Waals surface area contributed by atoms with Gasteiger partial charge in [0, 0.05) is 141 Å². The standard InChI is InChI=1S/C15H25N.C11H17N.C11H25N.C10H21N.C10H15N.C9H19NO.C9H19N.C8H17NO.C7H12N2.C7H17N.C6H12N4/c1-5-6-7-8-13-9-11-14(12-10-13)16-15(2,3)4;1-9-5-7-10(8-6-9)12-11(2,3)4;1-6-8-9-10(7-2)12-11(3,4)5;2*1-10(2,3)11-9-7-5-4-6-8-9;1-9(2,3)10-6-4-8(11)5-7-10;1-9(2,3)10-8-6-4-5-7-8;1-8(2,3)9-4-6-10-7-5-9;1-7(2,3)9-5-4-8-6-9;1-6(2)8-7(3,4)5;1-6(2,3)9-10-4-7-8-5-10/h9-12,16H,5-8H2,1-4H3;5-8,12H,1-4H3;10,12H,6-9H2,1-5H3;9,11H,4-8H2,1-3H3;4-8,11H,1-3H3;8,11H,4-7H2,1-3H3;8,10H,4-7H2,1-3H3;4-7H2,1-3H3;4-6H,1-3H3;6,8H,1-5H3;4-5,9H,1-3H3. The number of aryl methyl sites for hydroxylation is 2. The van der Waals surface area contributed by atoms with Crippen LogP contribution >= 0.6 is 0 Å². The molecule has 17 heteroatoms. The van der Waals surface area contributed by atoms with Gasteiger partial charge in [-0.1, -0.05) is 140 Å². The Morgan fingerprint density at radius 2 is 0.825 bits per heavy atom. The van der Waals surface area contributed by atoms with Crippen LogP contribution in [0.2, 0.25) is 0 Å². The van der Waals surface area contributed by atoms with E-state index >= 15 is 0 Å². The highest BCUT2D eigenvalue weighted by atomic mass is 16.5. The van der Waals surface area contributed by atoms with E-state index in [1.54, 1.807) is 23.5 Å². The number of imidazole rings is 1. The lowest BCUT2D eigenvalue weighted by Crippen LogP contribution is -2.47. The predicted molar refractivity (Wildman–Crippen MR) is 532 cm³/mol. The Labute approximate surface area is 743 Å². The predicted octanol–water partition coefficient (Wildman–Crippen LogP) is 25.5. The van der Waals surface area contributed by atoms with Crippen molar-refractivity contribution in [1.29, 1.82) is 0 Å². The van der Waals surface area contributed by atoms with Gasteiger partial charge in [-0.3, -0.25) is 9.80 Å². The molecule has 4 heterocycles. The van der Waals surface area contributed by atoms with Crippen molar-refractivity contribution in [3.8, 4) is 0 Å². The molecule has 0 spiro atoms. The Bertz CT molecular complexity index is 3140. The van der Waals surface area contributed by atoms with Crippen molar-refractivity contribution >= 4 is 17.1 Å². The molecule has 2 aromatic heterocycles. The van der Waals surface area contributed by atoms with E-state index in [0.717, 1.165) is 64.3 Å². The van der Waals surface area contributed by atoms with Crippen molar-refractivity contribution in [3.63, 3.8) is 0 Å². The van der Waals surface area contributed by atoms with Crippen LogP contribution in [0.3, 0.4) is 0 Å². The third-order valence-electron chi connectivity index (χ3n) is 18.9. The number of aromatic nitrogens is 5. The Morgan fingerprint density at radius 3 is 1.14 bits per heavy atom. The molecule has 5 aromatic rings. The van der Waals surface area contributed by atoms with E-state index in [1.807, 2.05) is 30.7 Å². The van der Waals surface area contributed by atoms with Crippen LogP contribution in [0.4, 0.5) is 17.1 Å². The van der Waals surface area contributed by atoms with Crippen molar-refractivity contribution < 1.29 is 9.84 Å². The summed E-state index contributed by atoms with van der Waals surface area (Å²) in [5.41, 5.74) is 11.9. The molecule has 1 atom stereocenters. The fourth-order valence-corrected chi connectivity index (χ4v) is 13.7. The lowest BCUT2D eigenvalue weighted by atomic mass is 9.93. The monoisotopic (exact) mass is 1680 g/mol. The fraction of sp³-hybridized carbons (Fsp3) is 0.777. The number of anilines is 3. The lowest BCUT2D eigenvalue weighted by molar-refractivity contribution is -0.00389. The number of morpholine rings is 1. The number of benzene rings is 3. The molecule has 17 nitrogen and oxygen atoms in total. The molecule has 2 saturated heterocycles. The number of hydrogen-bond donors (Lipinski definition) is 9. The number of ether oxygens (including phenoxy) is 1. The molecule has 698 valence electrons. The minimum absolute atomic E-state index is 0.0476. The molecule has 4 fully saturated rings. The van der Waals surface area contributed by atoms with Gasteiger partial charge >= 0.3 is 0 Å². The zero-order valence-corrected chi connectivity index (χ0v) is 85.9. The van der Waals surface area contributed by atoms with Crippen LogP contribution in [0, 0.1) is 6.92 Å². The number of nitrogens with zero attached hydrogens (tertiary/aromatic N) is 7. The summed E-state index contributed by atoms with van der Waals surface area (Å²) in [5, 5.41) is 41.1. The second-order valence-corrected chi connectivity index (χ2v) is 45.3. The zero-order chi connectivity index (χ0) is 92.5. The van der Waals surface area contributed by atoms with E-state index in [4.69, 9.17) is 4.74 Å². The summed E-state index contributed by atoms with van der Waals surface area (Å²) in [6.45, 7) is 91.5. The molecule has 9 N–H and O–H groups in total. The van der Waals surface area contributed by atoms with E-state index in [2.05, 4.69) is 403 Å². The van der Waals surface area contributed by atoms with Gasteiger partial charge in [-0.25, -0.2) is 9.66 Å². The minimum atomic E-state index is -0.0476. The quantitative estimate of drug-likeness (QED) is 0.0426. The molecule has 0 bridgehead atoms. The Kier molecular flexibility index (Phi) is 56.7. The molecule has 1 unspecified atom stereocenters. The number of aliphatic hydroxyl groups is 1. The summed E-state index contributed by atoms with van der Waals surface area (Å²) in [5.74, 6) is 0. The second kappa shape index (κ2) is 58.2. The summed E-state index contributed by atoms with van der Waals surface area (Å²) in [7, 11) is 0. The molecule has 2 saturated carbocycles. The first-order chi connectivity index (χ1) is 54.9.